The smallest absolute Gasteiger partial charge is 0.338 e. The molecule has 6 nitrogen and oxygen atoms in total. The van der Waals surface area contributed by atoms with Gasteiger partial charge in [-0.3, -0.25) is 4.79 Å². The SMILES string of the molecule is CCNC(=O)CC1=CSC2=NC(C)=C(C(=O)OCC)C(c3ccccc3C)N12. The summed E-state index contributed by atoms with van der Waals surface area (Å²) < 4.78 is 5.35. The third-order valence-electron chi connectivity index (χ3n) is 4.69. The van der Waals surface area contributed by atoms with Gasteiger partial charge >= 0.3 is 5.97 Å². The van der Waals surface area contributed by atoms with Crippen LogP contribution in [-0.2, 0) is 14.3 Å². The standard InChI is InChI=1S/C21H25N3O3S/c1-5-22-17(25)11-15-12-28-21-23-14(4)18(20(26)27-6-2)19(24(15)21)16-10-8-7-9-13(16)3/h7-10,12,19H,5-6,11H2,1-4H3,(H,22,25). The number of hydrogen-bond donors (Lipinski definition) is 1. The quantitative estimate of drug-likeness (QED) is 0.739. The predicted octanol–water partition coefficient (Wildman–Crippen LogP) is 3.66. The van der Waals surface area contributed by atoms with E-state index in [1.165, 1.54) is 11.8 Å². The first kappa shape index (κ1) is 20.2. The van der Waals surface area contributed by atoms with Gasteiger partial charge in [-0.25, -0.2) is 9.79 Å². The van der Waals surface area contributed by atoms with E-state index in [-0.39, 0.29) is 24.3 Å². The fourth-order valence-electron chi connectivity index (χ4n) is 3.45. The second-order valence-electron chi connectivity index (χ2n) is 6.60. The molecule has 0 fully saturated rings. The largest absolute Gasteiger partial charge is 0.463 e. The Bertz CT molecular complexity index is 889. The van der Waals surface area contributed by atoms with Crippen LogP contribution in [0.3, 0.4) is 0 Å². The van der Waals surface area contributed by atoms with Crippen molar-refractivity contribution in [3.8, 4) is 0 Å². The van der Waals surface area contributed by atoms with E-state index < -0.39 is 0 Å². The Morgan fingerprint density at radius 3 is 2.68 bits per heavy atom. The molecule has 2 heterocycles. The van der Waals surface area contributed by atoms with E-state index in [2.05, 4.69) is 10.3 Å². The maximum absolute atomic E-state index is 12.8. The number of carbonyl (C=O) groups is 2. The third kappa shape index (κ3) is 3.85. The minimum Gasteiger partial charge on any atom is -0.463 e. The lowest BCUT2D eigenvalue weighted by molar-refractivity contribution is -0.139. The molecule has 7 heteroatoms. The van der Waals surface area contributed by atoms with Gasteiger partial charge in [-0.15, -0.1) is 0 Å². The molecule has 0 saturated carbocycles. The van der Waals surface area contributed by atoms with Gasteiger partial charge in [0, 0.05) is 12.2 Å². The molecule has 3 rings (SSSR count). The number of carbonyl (C=O) groups excluding carboxylic acids is 2. The predicted molar refractivity (Wildman–Crippen MR) is 112 cm³/mol. The molecule has 1 unspecified atom stereocenters. The average molecular weight is 400 g/mol. The first-order valence-electron chi connectivity index (χ1n) is 9.41. The van der Waals surface area contributed by atoms with Crippen LogP contribution >= 0.6 is 11.8 Å². The second kappa shape index (κ2) is 8.65. The van der Waals surface area contributed by atoms with Gasteiger partial charge in [-0.1, -0.05) is 36.0 Å². The molecule has 1 atom stereocenters. The van der Waals surface area contributed by atoms with Gasteiger partial charge in [0.15, 0.2) is 5.17 Å². The van der Waals surface area contributed by atoms with Crippen molar-refractivity contribution in [2.45, 2.75) is 40.2 Å². The number of esters is 1. The summed E-state index contributed by atoms with van der Waals surface area (Å²) in [5.41, 5.74) is 4.07. The van der Waals surface area contributed by atoms with Crippen molar-refractivity contribution in [2.24, 2.45) is 4.99 Å². The first-order chi connectivity index (χ1) is 13.5. The number of aliphatic imine (C=N–C) groups is 1. The molecular weight excluding hydrogens is 374 g/mol. The van der Waals surface area contributed by atoms with E-state index in [1.807, 2.05) is 55.3 Å². The monoisotopic (exact) mass is 399 g/mol. The normalized spacial score (nSPS) is 18.4. The van der Waals surface area contributed by atoms with Gasteiger partial charge in [-0.05, 0) is 44.2 Å². The molecule has 0 saturated heterocycles. The number of rotatable bonds is 6. The van der Waals surface area contributed by atoms with Crippen LogP contribution in [0.5, 0.6) is 0 Å². The number of nitrogens with one attached hydrogen (secondary N) is 1. The Labute approximate surface area is 169 Å². The molecule has 0 spiro atoms. The maximum Gasteiger partial charge on any atom is 0.338 e. The van der Waals surface area contributed by atoms with Crippen LogP contribution in [0, 0.1) is 6.92 Å². The zero-order valence-electron chi connectivity index (χ0n) is 16.6. The van der Waals surface area contributed by atoms with Gasteiger partial charge in [0.1, 0.15) is 0 Å². The number of allylic oxidation sites excluding steroid dienone is 1. The van der Waals surface area contributed by atoms with Gasteiger partial charge in [0.2, 0.25) is 5.91 Å². The summed E-state index contributed by atoms with van der Waals surface area (Å²) in [6, 6.07) is 7.60. The van der Waals surface area contributed by atoms with Crippen molar-refractivity contribution >= 4 is 28.8 Å². The van der Waals surface area contributed by atoms with Crippen LogP contribution in [-0.4, -0.2) is 35.1 Å². The van der Waals surface area contributed by atoms with E-state index in [9.17, 15) is 9.59 Å². The highest BCUT2D eigenvalue weighted by molar-refractivity contribution is 8.16. The van der Waals surface area contributed by atoms with Crippen LogP contribution in [0.15, 0.2) is 51.6 Å². The highest BCUT2D eigenvalue weighted by Crippen LogP contribution is 2.45. The summed E-state index contributed by atoms with van der Waals surface area (Å²) in [7, 11) is 0. The summed E-state index contributed by atoms with van der Waals surface area (Å²) in [6.45, 7) is 8.42. The third-order valence-corrected chi connectivity index (χ3v) is 5.58. The number of benzene rings is 1. The Morgan fingerprint density at radius 1 is 1.25 bits per heavy atom. The van der Waals surface area contributed by atoms with Crippen molar-refractivity contribution in [2.75, 3.05) is 13.2 Å². The summed E-state index contributed by atoms with van der Waals surface area (Å²) in [6.07, 6.45) is 0.234. The Hall–Kier alpha value is -2.54. The van der Waals surface area contributed by atoms with Gasteiger partial charge in [0.25, 0.3) is 0 Å². The molecule has 0 bridgehead atoms. The highest BCUT2D eigenvalue weighted by Gasteiger charge is 2.41. The van der Waals surface area contributed by atoms with Crippen LogP contribution in [0.25, 0.3) is 0 Å². The molecule has 148 valence electrons. The maximum atomic E-state index is 12.8. The minimum absolute atomic E-state index is 0.0527. The van der Waals surface area contributed by atoms with Crippen LogP contribution in [0.2, 0.25) is 0 Å². The van der Waals surface area contributed by atoms with Gasteiger partial charge in [0.05, 0.1) is 30.3 Å². The first-order valence-corrected chi connectivity index (χ1v) is 10.3. The van der Waals surface area contributed by atoms with E-state index in [0.717, 1.165) is 22.0 Å². The van der Waals surface area contributed by atoms with Crippen LogP contribution in [0.1, 0.15) is 44.4 Å². The fraction of sp³-hybridized carbons (Fsp3) is 0.381. The lowest BCUT2D eigenvalue weighted by atomic mass is 9.91. The number of amides is 1. The Kier molecular flexibility index (Phi) is 6.24. The summed E-state index contributed by atoms with van der Waals surface area (Å²) >= 11 is 1.48. The Morgan fingerprint density at radius 2 is 2.00 bits per heavy atom. The average Bonchev–Trinajstić information content (AvgIpc) is 3.03. The van der Waals surface area contributed by atoms with Crippen molar-refractivity contribution in [3.05, 3.63) is 57.8 Å². The molecule has 1 aromatic rings. The number of thioether (sulfide) groups is 1. The molecular formula is C21H25N3O3S. The lowest BCUT2D eigenvalue weighted by Gasteiger charge is -2.37. The molecule has 28 heavy (non-hydrogen) atoms. The summed E-state index contributed by atoms with van der Waals surface area (Å²) in [5.74, 6) is -0.423. The number of hydrogen-bond acceptors (Lipinski definition) is 6. The van der Waals surface area contributed by atoms with Crippen molar-refractivity contribution in [3.63, 3.8) is 0 Å². The van der Waals surface area contributed by atoms with Crippen LogP contribution in [0.4, 0.5) is 0 Å². The summed E-state index contributed by atoms with van der Waals surface area (Å²) in [4.78, 5) is 31.7. The van der Waals surface area contributed by atoms with Gasteiger partial charge in [-0.2, -0.15) is 0 Å². The van der Waals surface area contributed by atoms with E-state index in [0.29, 0.717) is 24.4 Å². The zero-order valence-corrected chi connectivity index (χ0v) is 17.4. The Balaban J connectivity index is 2.08. The number of ether oxygens (including phenoxy) is 1. The summed E-state index contributed by atoms with van der Waals surface area (Å²) in [5, 5.41) is 5.56. The van der Waals surface area contributed by atoms with E-state index in [1.54, 1.807) is 6.92 Å². The van der Waals surface area contributed by atoms with Crippen LogP contribution < -0.4 is 5.32 Å². The molecule has 1 aromatic carbocycles. The van der Waals surface area contributed by atoms with Crippen molar-refractivity contribution in [1.29, 1.82) is 0 Å². The molecule has 2 aliphatic heterocycles. The van der Waals surface area contributed by atoms with Crippen molar-refractivity contribution < 1.29 is 14.3 Å². The highest BCUT2D eigenvalue weighted by atomic mass is 32.2. The second-order valence-corrected chi connectivity index (χ2v) is 7.44. The molecule has 1 N–H and O–H groups in total. The molecule has 2 aliphatic rings. The minimum atomic E-state index is -0.372. The van der Waals surface area contributed by atoms with E-state index in [4.69, 9.17) is 4.74 Å². The van der Waals surface area contributed by atoms with Crippen molar-refractivity contribution in [1.82, 2.24) is 10.2 Å². The molecule has 0 radical (unpaired) electrons. The number of fused-ring (bicyclic) bond motifs is 1. The lowest BCUT2D eigenvalue weighted by Crippen LogP contribution is -2.38. The topological polar surface area (TPSA) is 71.0 Å². The molecule has 0 aliphatic carbocycles. The number of amidine groups is 1. The molecule has 1 amide bonds. The molecule has 0 aromatic heterocycles. The van der Waals surface area contributed by atoms with Gasteiger partial charge < -0.3 is 15.0 Å². The number of nitrogens with zero attached hydrogens (tertiary/aromatic N) is 2. The van der Waals surface area contributed by atoms with E-state index >= 15 is 0 Å². The number of aryl methyl sites for hydroxylation is 1. The zero-order chi connectivity index (χ0) is 20.3. The fourth-order valence-corrected chi connectivity index (χ4v) is 4.42.